The first-order chi connectivity index (χ1) is 13.5. The van der Waals surface area contributed by atoms with Gasteiger partial charge < -0.3 is 24.5 Å². The summed E-state index contributed by atoms with van der Waals surface area (Å²) in [5, 5.41) is 6.44. The summed E-state index contributed by atoms with van der Waals surface area (Å²) in [5.74, 6) is 1.75. The summed E-state index contributed by atoms with van der Waals surface area (Å²) in [4.78, 5) is 15.8. The lowest BCUT2D eigenvalue weighted by molar-refractivity contribution is 0.0599. The van der Waals surface area contributed by atoms with Crippen molar-refractivity contribution in [1.29, 1.82) is 0 Å². The van der Waals surface area contributed by atoms with Gasteiger partial charge in [-0.1, -0.05) is 37.3 Å². The molecule has 1 heterocycles. The molecule has 0 aliphatic carbocycles. The first kappa shape index (κ1) is 25.0. The first-order valence-electron chi connectivity index (χ1n) is 9.27. The Morgan fingerprint density at radius 2 is 1.97 bits per heavy atom. The predicted octanol–water partition coefficient (Wildman–Crippen LogP) is 3.51. The number of guanidine groups is 1. The fourth-order valence-electron chi connectivity index (χ4n) is 2.62. The lowest BCUT2D eigenvalue weighted by Crippen LogP contribution is -2.39. The minimum Gasteiger partial charge on any atom is -0.465 e. The second-order valence-corrected chi connectivity index (χ2v) is 6.59. The molecule has 0 amide bonds. The zero-order chi connectivity index (χ0) is 20.4. The maximum atomic E-state index is 11.6. The van der Waals surface area contributed by atoms with Crippen LogP contribution in [-0.4, -0.2) is 39.2 Å². The Labute approximate surface area is 189 Å². The summed E-state index contributed by atoms with van der Waals surface area (Å²) in [5.41, 5.74) is 1.60. The molecule has 1 atom stereocenters. The van der Waals surface area contributed by atoms with E-state index in [1.165, 1.54) is 12.7 Å². The highest BCUT2D eigenvalue weighted by atomic mass is 127. The molecule has 7 nitrogen and oxygen atoms in total. The maximum absolute atomic E-state index is 11.6. The molecule has 2 N–H and O–H groups in total. The number of methoxy groups -OCH3 is 1. The van der Waals surface area contributed by atoms with E-state index < -0.39 is 5.97 Å². The Bertz CT molecular complexity index is 777. The number of hydrogen-bond donors (Lipinski definition) is 2. The van der Waals surface area contributed by atoms with Crippen LogP contribution in [0.3, 0.4) is 0 Å². The Kier molecular flexibility index (Phi) is 11.4. The number of carbonyl (C=O) groups excluding carboxylic acids is 1. The van der Waals surface area contributed by atoms with Gasteiger partial charge in [0.15, 0.2) is 5.96 Å². The van der Waals surface area contributed by atoms with Crippen molar-refractivity contribution in [2.24, 2.45) is 10.9 Å². The molecule has 1 aromatic heterocycles. The highest BCUT2D eigenvalue weighted by Crippen LogP contribution is 2.15. The molecule has 0 aliphatic rings. The Morgan fingerprint density at radius 3 is 2.62 bits per heavy atom. The molecule has 0 fully saturated rings. The quantitative estimate of drug-likeness (QED) is 0.230. The molecule has 0 saturated carbocycles. The van der Waals surface area contributed by atoms with Gasteiger partial charge in [-0.25, -0.2) is 4.79 Å². The number of aryl methyl sites for hydroxylation is 1. The van der Waals surface area contributed by atoms with E-state index in [2.05, 4.69) is 34.7 Å². The standard InChI is InChI=1S/C21H29N3O4.HI/c1-15(13-27-14-17-8-6-5-7-9-17)11-23-21(22-3)24-12-18-10-19(16(2)28-18)20(25)26-4;/h5-10,15H,11-14H2,1-4H3,(H2,22,23,24);1H. The smallest absolute Gasteiger partial charge is 0.341 e. The van der Waals surface area contributed by atoms with E-state index in [1.807, 2.05) is 18.2 Å². The van der Waals surface area contributed by atoms with Crippen LogP contribution >= 0.6 is 24.0 Å². The van der Waals surface area contributed by atoms with Crippen LogP contribution in [0, 0.1) is 12.8 Å². The average Bonchev–Trinajstić information content (AvgIpc) is 3.09. The van der Waals surface area contributed by atoms with Gasteiger partial charge in [-0.05, 0) is 24.5 Å². The molecule has 0 saturated heterocycles. The van der Waals surface area contributed by atoms with Crippen LogP contribution < -0.4 is 10.6 Å². The zero-order valence-corrected chi connectivity index (χ0v) is 19.7. The minimum absolute atomic E-state index is 0. The molecule has 0 radical (unpaired) electrons. The second-order valence-electron chi connectivity index (χ2n) is 6.59. The number of carbonyl (C=O) groups is 1. The molecule has 0 spiro atoms. The van der Waals surface area contributed by atoms with Gasteiger partial charge in [-0.3, -0.25) is 4.99 Å². The number of rotatable bonds is 9. The third-order valence-corrected chi connectivity index (χ3v) is 4.16. The topological polar surface area (TPSA) is 85.1 Å². The highest BCUT2D eigenvalue weighted by molar-refractivity contribution is 14.0. The van der Waals surface area contributed by atoms with E-state index in [9.17, 15) is 4.79 Å². The third kappa shape index (κ3) is 8.45. The average molecular weight is 515 g/mol. The molecule has 8 heteroatoms. The van der Waals surface area contributed by atoms with Crippen LogP contribution in [0.1, 0.15) is 34.4 Å². The van der Waals surface area contributed by atoms with Gasteiger partial charge in [0.05, 0.1) is 26.9 Å². The summed E-state index contributed by atoms with van der Waals surface area (Å²) in [6.45, 7) is 6.25. The van der Waals surface area contributed by atoms with Crippen LogP contribution in [0.4, 0.5) is 0 Å². The largest absolute Gasteiger partial charge is 0.465 e. The molecule has 0 aliphatic heterocycles. The maximum Gasteiger partial charge on any atom is 0.341 e. The van der Waals surface area contributed by atoms with Crippen LogP contribution in [-0.2, 0) is 22.6 Å². The molecule has 1 aromatic carbocycles. The molecule has 160 valence electrons. The van der Waals surface area contributed by atoms with Crippen molar-refractivity contribution >= 4 is 35.9 Å². The number of ether oxygens (including phenoxy) is 2. The fraction of sp³-hybridized carbons (Fsp3) is 0.429. The van der Waals surface area contributed by atoms with Crippen molar-refractivity contribution in [3.05, 3.63) is 59.0 Å². The summed E-state index contributed by atoms with van der Waals surface area (Å²) >= 11 is 0. The van der Waals surface area contributed by atoms with Crippen LogP contribution in [0.25, 0.3) is 0 Å². The molecule has 0 bridgehead atoms. The number of benzene rings is 1. The Morgan fingerprint density at radius 1 is 1.24 bits per heavy atom. The number of nitrogens with zero attached hydrogens (tertiary/aromatic N) is 1. The van der Waals surface area contributed by atoms with E-state index in [-0.39, 0.29) is 24.0 Å². The summed E-state index contributed by atoms with van der Waals surface area (Å²) in [6.07, 6.45) is 0. The van der Waals surface area contributed by atoms with Crippen molar-refractivity contribution in [2.45, 2.75) is 27.0 Å². The van der Waals surface area contributed by atoms with Crippen LogP contribution in [0.2, 0.25) is 0 Å². The highest BCUT2D eigenvalue weighted by Gasteiger charge is 2.15. The van der Waals surface area contributed by atoms with Gasteiger partial charge in [-0.15, -0.1) is 24.0 Å². The Balaban J connectivity index is 0.00000420. The molecular weight excluding hydrogens is 485 g/mol. The number of furan rings is 1. The van der Waals surface area contributed by atoms with E-state index in [4.69, 9.17) is 13.9 Å². The summed E-state index contributed by atoms with van der Waals surface area (Å²) in [7, 11) is 3.06. The zero-order valence-electron chi connectivity index (χ0n) is 17.4. The molecule has 1 unspecified atom stereocenters. The van der Waals surface area contributed by atoms with Gasteiger partial charge in [0.1, 0.15) is 17.1 Å². The van der Waals surface area contributed by atoms with Crippen molar-refractivity contribution in [3.8, 4) is 0 Å². The number of halogens is 1. The molecule has 2 aromatic rings. The van der Waals surface area contributed by atoms with Crippen molar-refractivity contribution < 1.29 is 18.7 Å². The number of esters is 1. The number of aliphatic imine (C=N–C) groups is 1. The lowest BCUT2D eigenvalue weighted by atomic mass is 10.2. The van der Waals surface area contributed by atoms with Gasteiger partial charge in [0, 0.05) is 13.6 Å². The van der Waals surface area contributed by atoms with Crippen molar-refractivity contribution in [2.75, 3.05) is 27.3 Å². The minimum atomic E-state index is -0.403. The number of hydrogen-bond acceptors (Lipinski definition) is 5. The monoisotopic (exact) mass is 515 g/mol. The predicted molar refractivity (Wildman–Crippen MR) is 124 cm³/mol. The molecular formula is C21H30IN3O4. The van der Waals surface area contributed by atoms with Gasteiger partial charge in [0.25, 0.3) is 0 Å². The van der Waals surface area contributed by atoms with E-state index in [0.29, 0.717) is 48.7 Å². The van der Waals surface area contributed by atoms with E-state index in [0.717, 1.165) is 6.54 Å². The van der Waals surface area contributed by atoms with E-state index >= 15 is 0 Å². The van der Waals surface area contributed by atoms with Gasteiger partial charge in [-0.2, -0.15) is 0 Å². The van der Waals surface area contributed by atoms with Crippen LogP contribution in [0.5, 0.6) is 0 Å². The van der Waals surface area contributed by atoms with Gasteiger partial charge >= 0.3 is 5.97 Å². The lowest BCUT2D eigenvalue weighted by Gasteiger charge is -2.16. The van der Waals surface area contributed by atoms with Crippen LogP contribution in [0.15, 0.2) is 45.8 Å². The first-order valence-corrected chi connectivity index (χ1v) is 9.27. The summed E-state index contributed by atoms with van der Waals surface area (Å²) in [6, 6.07) is 11.8. The van der Waals surface area contributed by atoms with Crippen molar-refractivity contribution in [3.63, 3.8) is 0 Å². The van der Waals surface area contributed by atoms with Crippen molar-refractivity contribution in [1.82, 2.24) is 10.6 Å². The molecule has 2 rings (SSSR count). The Hall–Kier alpha value is -2.07. The summed E-state index contributed by atoms with van der Waals surface area (Å²) < 4.78 is 16.1. The third-order valence-electron chi connectivity index (χ3n) is 4.16. The SMILES string of the molecule is CN=C(NCc1cc(C(=O)OC)c(C)o1)NCC(C)COCc1ccccc1.I. The molecule has 29 heavy (non-hydrogen) atoms. The number of nitrogens with one attached hydrogen (secondary N) is 2. The van der Waals surface area contributed by atoms with E-state index in [1.54, 1.807) is 20.0 Å². The fourth-order valence-corrected chi connectivity index (χ4v) is 2.62. The van der Waals surface area contributed by atoms with Gasteiger partial charge in [0.2, 0.25) is 0 Å². The second kappa shape index (κ2) is 13.2. The normalized spacial score (nSPS) is 12.1.